The van der Waals surface area contributed by atoms with Crippen LogP contribution in [-0.2, 0) is 6.54 Å². The van der Waals surface area contributed by atoms with Crippen molar-refractivity contribution in [1.82, 2.24) is 9.55 Å². The van der Waals surface area contributed by atoms with Gasteiger partial charge in [-0.05, 0) is 29.8 Å². The Morgan fingerprint density at radius 3 is 2.24 bits per heavy atom. The number of pyridine rings is 1. The Hall–Kier alpha value is -3.68. The van der Waals surface area contributed by atoms with Crippen LogP contribution in [0, 0.1) is 0 Å². The van der Waals surface area contributed by atoms with Crippen LogP contribution in [0.4, 0.5) is 5.82 Å². The molecule has 2 heterocycles. The number of nitrogens with zero attached hydrogens (tertiary/aromatic N) is 4. The summed E-state index contributed by atoms with van der Waals surface area (Å²) in [6.45, 7) is 0.294. The first kappa shape index (κ1) is 16.2. The van der Waals surface area contributed by atoms with E-state index < -0.39 is 5.97 Å². The summed E-state index contributed by atoms with van der Waals surface area (Å²) in [6.07, 6.45) is 1.45. The van der Waals surface area contributed by atoms with Gasteiger partial charge in [0.25, 0.3) is 0 Å². The third-order valence-electron chi connectivity index (χ3n) is 3.46. The highest BCUT2D eigenvalue weighted by molar-refractivity contribution is 5.87. The summed E-state index contributed by atoms with van der Waals surface area (Å²) in [4.78, 5) is 14.9. The second-order valence-electron chi connectivity index (χ2n) is 5.16. The molecule has 3 aromatic rings. The van der Waals surface area contributed by atoms with E-state index in [1.165, 1.54) is 35.0 Å². The third kappa shape index (κ3) is 3.63. The lowest BCUT2D eigenvalue weighted by Gasteiger charge is -2.05. The largest absolute Gasteiger partial charge is 0.494 e. The molecule has 0 saturated heterocycles. The van der Waals surface area contributed by atoms with Gasteiger partial charge in [-0.1, -0.05) is 12.1 Å². The zero-order valence-corrected chi connectivity index (χ0v) is 12.9. The molecule has 3 rings (SSSR count). The number of azo groups is 1. The van der Waals surface area contributed by atoms with Crippen molar-refractivity contribution in [2.24, 2.45) is 10.2 Å². The van der Waals surface area contributed by atoms with E-state index >= 15 is 0 Å². The van der Waals surface area contributed by atoms with Gasteiger partial charge in [-0.3, -0.25) is 4.57 Å². The van der Waals surface area contributed by atoms with E-state index in [2.05, 4.69) is 15.2 Å². The van der Waals surface area contributed by atoms with Crippen LogP contribution in [0.15, 0.2) is 65.0 Å². The van der Waals surface area contributed by atoms with Crippen LogP contribution in [0.1, 0.15) is 15.9 Å². The number of carbonyl (C=O) groups is 1. The van der Waals surface area contributed by atoms with Crippen LogP contribution in [0.3, 0.4) is 0 Å². The number of rotatable bonds is 5. The van der Waals surface area contributed by atoms with E-state index in [4.69, 9.17) is 5.11 Å². The van der Waals surface area contributed by atoms with Crippen LogP contribution in [0.5, 0.6) is 11.8 Å². The predicted molar refractivity (Wildman–Crippen MR) is 88.5 cm³/mol. The number of hydrogen-bond donors (Lipinski definition) is 3. The molecule has 0 aliphatic rings. The molecule has 0 spiro atoms. The van der Waals surface area contributed by atoms with Gasteiger partial charge in [0.15, 0.2) is 17.6 Å². The summed E-state index contributed by atoms with van der Waals surface area (Å²) in [5, 5.41) is 36.2. The van der Waals surface area contributed by atoms with Gasteiger partial charge in [0, 0.05) is 12.1 Å². The quantitative estimate of drug-likeness (QED) is 0.617. The van der Waals surface area contributed by atoms with Gasteiger partial charge in [0.2, 0.25) is 0 Å². The number of aromatic nitrogens is 2. The highest BCUT2D eigenvalue weighted by Crippen LogP contribution is 2.26. The maximum atomic E-state index is 10.8. The molecule has 0 aliphatic heterocycles. The SMILES string of the molecule is O=C(O)c1ccc(CN=Nc2ccc(-n3c(O)ccc3O)cn2)cc1. The lowest BCUT2D eigenvalue weighted by molar-refractivity contribution is 0.0697. The number of hydrogen-bond acceptors (Lipinski definition) is 6. The fourth-order valence-electron chi connectivity index (χ4n) is 2.19. The van der Waals surface area contributed by atoms with Crippen molar-refractivity contribution in [3.63, 3.8) is 0 Å². The van der Waals surface area contributed by atoms with Gasteiger partial charge in [0.1, 0.15) is 0 Å². The number of carboxylic acids is 1. The molecule has 8 heteroatoms. The molecule has 2 aromatic heterocycles. The fourth-order valence-corrected chi connectivity index (χ4v) is 2.19. The monoisotopic (exact) mass is 338 g/mol. The van der Waals surface area contributed by atoms with E-state index in [0.717, 1.165) is 5.56 Å². The first-order chi connectivity index (χ1) is 12.0. The molecule has 0 fully saturated rings. The van der Waals surface area contributed by atoms with Crippen LogP contribution in [-0.4, -0.2) is 30.8 Å². The van der Waals surface area contributed by atoms with Crippen molar-refractivity contribution < 1.29 is 20.1 Å². The molecule has 0 saturated carbocycles. The molecule has 25 heavy (non-hydrogen) atoms. The molecule has 1 aromatic carbocycles. The number of aromatic carboxylic acids is 1. The Balaban J connectivity index is 1.67. The molecule has 0 amide bonds. The molecular formula is C17H14N4O4. The van der Waals surface area contributed by atoms with Gasteiger partial charge in [-0.2, -0.15) is 5.11 Å². The highest BCUT2D eigenvalue weighted by atomic mass is 16.4. The Labute approximate surface area is 142 Å². The lowest BCUT2D eigenvalue weighted by Crippen LogP contribution is -1.95. The van der Waals surface area contributed by atoms with Crippen LogP contribution < -0.4 is 0 Å². The van der Waals surface area contributed by atoms with Crippen LogP contribution in [0.25, 0.3) is 5.69 Å². The van der Waals surface area contributed by atoms with E-state index in [0.29, 0.717) is 18.1 Å². The first-order valence-corrected chi connectivity index (χ1v) is 7.30. The van der Waals surface area contributed by atoms with Crippen molar-refractivity contribution in [2.45, 2.75) is 6.54 Å². The molecule has 0 bridgehead atoms. The summed E-state index contributed by atoms with van der Waals surface area (Å²) in [5.74, 6) is -0.800. The standard InChI is InChI=1S/C17H14N4O4/c22-15-7-8-16(23)21(15)13-5-6-14(18-10-13)20-19-9-11-1-3-12(4-2-11)17(24)25/h1-8,10,22-23H,9H2,(H,24,25). The Morgan fingerprint density at radius 2 is 1.68 bits per heavy atom. The zero-order valence-electron chi connectivity index (χ0n) is 12.9. The minimum Gasteiger partial charge on any atom is -0.494 e. The molecule has 0 radical (unpaired) electrons. The first-order valence-electron chi connectivity index (χ1n) is 7.30. The van der Waals surface area contributed by atoms with Gasteiger partial charge < -0.3 is 15.3 Å². The maximum Gasteiger partial charge on any atom is 0.335 e. The minimum absolute atomic E-state index is 0.0986. The summed E-state index contributed by atoms with van der Waals surface area (Å²) in [6, 6.07) is 12.4. The molecule has 0 atom stereocenters. The van der Waals surface area contributed by atoms with E-state index in [9.17, 15) is 15.0 Å². The summed E-state index contributed by atoms with van der Waals surface area (Å²) >= 11 is 0. The second kappa shape index (κ2) is 6.83. The minimum atomic E-state index is -0.975. The van der Waals surface area contributed by atoms with Gasteiger partial charge in [-0.15, -0.1) is 5.11 Å². The number of carboxylic acid groups (broad SMARTS) is 1. The van der Waals surface area contributed by atoms with E-state index in [1.807, 2.05) is 0 Å². The predicted octanol–water partition coefficient (Wildman–Crippen LogP) is 3.27. The highest BCUT2D eigenvalue weighted by Gasteiger charge is 2.08. The summed E-state index contributed by atoms with van der Waals surface area (Å²) in [7, 11) is 0. The number of benzene rings is 1. The maximum absolute atomic E-state index is 10.8. The average Bonchev–Trinajstić information content (AvgIpc) is 2.95. The Kier molecular flexibility index (Phi) is 4.42. The van der Waals surface area contributed by atoms with Crippen molar-refractivity contribution in [2.75, 3.05) is 0 Å². The molecular weight excluding hydrogens is 324 g/mol. The van der Waals surface area contributed by atoms with E-state index in [-0.39, 0.29) is 17.3 Å². The van der Waals surface area contributed by atoms with Crippen molar-refractivity contribution in [1.29, 1.82) is 0 Å². The van der Waals surface area contributed by atoms with Crippen molar-refractivity contribution in [3.8, 4) is 17.4 Å². The van der Waals surface area contributed by atoms with Crippen molar-refractivity contribution >= 4 is 11.8 Å². The Bertz CT molecular complexity index is 895. The molecule has 126 valence electrons. The van der Waals surface area contributed by atoms with Crippen molar-refractivity contribution in [3.05, 3.63) is 65.9 Å². The zero-order chi connectivity index (χ0) is 17.8. The topological polar surface area (TPSA) is 120 Å². The second-order valence-corrected chi connectivity index (χ2v) is 5.16. The number of aromatic hydroxyl groups is 2. The average molecular weight is 338 g/mol. The molecule has 0 aliphatic carbocycles. The van der Waals surface area contributed by atoms with Crippen LogP contribution >= 0.6 is 0 Å². The summed E-state index contributed by atoms with van der Waals surface area (Å²) < 4.78 is 1.23. The Morgan fingerprint density at radius 1 is 1.00 bits per heavy atom. The van der Waals surface area contributed by atoms with Gasteiger partial charge >= 0.3 is 5.97 Å². The molecule has 3 N–H and O–H groups in total. The smallest absolute Gasteiger partial charge is 0.335 e. The van der Waals surface area contributed by atoms with E-state index in [1.54, 1.807) is 24.3 Å². The normalized spacial score (nSPS) is 11.0. The van der Waals surface area contributed by atoms with Gasteiger partial charge in [-0.25, -0.2) is 9.78 Å². The van der Waals surface area contributed by atoms with Gasteiger partial charge in [0.05, 0.1) is 24.0 Å². The third-order valence-corrected chi connectivity index (χ3v) is 3.46. The van der Waals surface area contributed by atoms with Crippen LogP contribution in [0.2, 0.25) is 0 Å². The molecule has 0 unspecified atom stereocenters. The molecule has 8 nitrogen and oxygen atoms in total. The summed E-state index contributed by atoms with van der Waals surface area (Å²) in [5.41, 5.74) is 1.53. The fraction of sp³-hybridized carbons (Fsp3) is 0.0588. The lowest BCUT2D eigenvalue weighted by atomic mass is 10.1.